The third kappa shape index (κ3) is 7.62. The summed E-state index contributed by atoms with van der Waals surface area (Å²) in [6, 6.07) is 10.6. The van der Waals surface area contributed by atoms with Crippen LogP contribution < -0.4 is 9.46 Å². The van der Waals surface area contributed by atoms with Crippen LogP contribution in [-0.4, -0.2) is 76.7 Å². The third-order valence-electron chi connectivity index (χ3n) is 6.88. The standard InChI is InChI=1S/C26H30F4N2O7S/c1-36-21-7-5-18(6-8-21)15-37-17-23(26(28,29)30)39-24(33)32-11-9-25(10-12-32)14-20(16-38-25)31-40(34,35)22-4-2-3-19(27)13-22/h2-8,13,20,23,31H,9-12,14-17H2,1H3. The van der Waals surface area contributed by atoms with Crippen LogP contribution in [0.1, 0.15) is 24.8 Å². The number of amides is 1. The highest BCUT2D eigenvalue weighted by Crippen LogP contribution is 2.37. The third-order valence-corrected chi connectivity index (χ3v) is 8.39. The summed E-state index contributed by atoms with van der Waals surface area (Å²) in [6.07, 6.45) is -7.53. The predicted octanol–water partition coefficient (Wildman–Crippen LogP) is 4.02. The normalized spacial score (nSPS) is 19.9. The van der Waals surface area contributed by atoms with Crippen molar-refractivity contribution in [2.75, 3.05) is 33.4 Å². The predicted molar refractivity (Wildman–Crippen MR) is 134 cm³/mol. The number of ether oxygens (including phenoxy) is 4. The first-order valence-electron chi connectivity index (χ1n) is 12.5. The van der Waals surface area contributed by atoms with Crippen molar-refractivity contribution in [1.29, 1.82) is 0 Å². The molecule has 1 spiro atoms. The molecule has 2 unspecified atom stereocenters. The summed E-state index contributed by atoms with van der Waals surface area (Å²) >= 11 is 0. The van der Waals surface area contributed by atoms with Gasteiger partial charge in [-0.15, -0.1) is 0 Å². The number of carbonyl (C=O) groups excluding carboxylic acids is 1. The van der Waals surface area contributed by atoms with Crippen molar-refractivity contribution >= 4 is 16.1 Å². The van der Waals surface area contributed by atoms with Crippen molar-refractivity contribution in [3.05, 3.63) is 59.9 Å². The van der Waals surface area contributed by atoms with Gasteiger partial charge in [-0.3, -0.25) is 0 Å². The second-order valence-electron chi connectivity index (χ2n) is 9.74. The zero-order valence-corrected chi connectivity index (χ0v) is 22.5. The van der Waals surface area contributed by atoms with E-state index >= 15 is 0 Å². The zero-order valence-electron chi connectivity index (χ0n) is 21.7. The maximum absolute atomic E-state index is 13.5. The smallest absolute Gasteiger partial charge is 0.427 e. The Labute approximate surface area is 229 Å². The summed E-state index contributed by atoms with van der Waals surface area (Å²) in [5.41, 5.74) is -0.112. The molecule has 40 heavy (non-hydrogen) atoms. The molecule has 2 saturated heterocycles. The van der Waals surface area contributed by atoms with Gasteiger partial charge in [0, 0.05) is 19.1 Å². The van der Waals surface area contributed by atoms with Crippen LogP contribution in [-0.2, 0) is 30.8 Å². The minimum atomic E-state index is -4.83. The first-order valence-corrected chi connectivity index (χ1v) is 14.0. The summed E-state index contributed by atoms with van der Waals surface area (Å²) < 4.78 is 103. The Bertz CT molecular complexity index is 1270. The molecule has 9 nitrogen and oxygen atoms in total. The van der Waals surface area contributed by atoms with Crippen molar-refractivity contribution < 1.29 is 49.7 Å². The average Bonchev–Trinajstić information content (AvgIpc) is 3.29. The van der Waals surface area contributed by atoms with Crippen LogP contribution in [0.5, 0.6) is 5.75 Å². The first-order chi connectivity index (χ1) is 18.9. The Hall–Kier alpha value is -2.94. The number of nitrogens with zero attached hydrogens (tertiary/aromatic N) is 1. The van der Waals surface area contributed by atoms with E-state index in [2.05, 4.69) is 4.72 Å². The van der Waals surface area contributed by atoms with E-state index in [9.17, 15) is 30.8 Å². The van der Waals surface area contributed by atoms with Crippen molar-refractivity contribution in [2.45, 2.75) is 54.7 Å². The molecule has 2 atom stereocenters. The number of nitrogens with one attached hydrogen (secondary N) is 1. The molecule has 0 aromatic heterocycles. The van der Waals surface area contributed by atoms with E-state index in [-0.39, 0.29) is 44.0 Å². The fourth-order valence-corrected chi connectivity index (χ4v) is 5.94. The maximum atomic E-state index is 13.5. The maximum Gasteiger partial charge on any atom is 0.427 e. The number of methoxy groups -OCH3 is 1. The summed E-state index contributed by atoms with van der Waals surface area (Å²) in [5, 5.41) is 0. The van der Waals surface area contributed by atoms with Crippen molar-refractivity contribution in [3.8, 4) is 5.75 Å². The lowest BCUT2D eigenvalue weighted by Gasteiger charge is -2.38. The molecule has 2 fully saturated rings. The van der Waals surface area contributed by atoms with Gasteiger partial charge in [0.1, 0.15) is 11.6 Å². The molecular formula is C26H30F4N2O7S. The molecule has 2 aromatic rings. The zero-order chi connectivity index (χ0) is 29.0. The number of piperidine rings is 1. The lowest BCUT2D eigenvalue weighted by molar-refractivity contribution is -0.220. The van der Waals surface area contributed by atoms with Crippen molar-refractivity contribution in [1.82, 2.24) is 9.62 Å². The number of hydrogen-bond donors (Lipinski definition) is 1. The number of sulfonamides is 1. The monoisotopic (exact) mass is 590 g/mol. The van der Waals surface area contributed by atoms with Crippen LogP contribution in [0.2, 0.25) is 0 Å². The SMILES string of the molecule is COc1ccc(COCC(OC(=O)N2CCC3(CC2)CC(NS(=O)(=O)c2cccc(F)c2)CO3)C(F)(F)F)cc1. The number of likely N-dealkylation sites (tertiary alicyclic amines) is 1. The fraction of sp³-hybridized carbons (Fsp3) is 0.500. The number of halogens is 4. The Balaban J connectivity index is 1.26. The van der Waals surface area contributed by atoms with E-state index in [1.165, 1.54) is 24.1 Å². The highest BCUT2D eigenvalue weighted by Gasteiger charge is 2.47. The van der Waals surface area contributed by atoms with Gasteiger partial charge in [-0.05, 0) is 55.2 Å². The van der Waals surface area contributed by atoms with E-state index in [0.717, 1.165) is 12.1 Å². The summed E-state index contributed by atoms with van der Waals surface area (Å²) in [7, 11) is -2.49. The van der Waals surface area contributed by atoms with Crippen LogP contribution in [0.25, 0.3) is 0 Å². The lowest BCUT2D eigenvalue weighted by atomic mass is 9.88. The number of carbonyl (C=O) groups is 1. The quantitative estimate of drug-likeness (QED) is 0.440. The molecule has 1 amide bonds. The van der Waals surface area contributed by atoms with Gasteiger partial charge in [0.05, 0.1) is 37.4 Å². The van der Waals surface area contributed by atoms with Crippen LogP contribution in [0.15, 0.2) is 53.4 Å². The minimum Gasteiger partial charge on any atom is -0.497 e. The molecule has 0 bridgehead atoms. The summed E-state index contributed by atoms with van der Waals surface area (Å²) in [4.78, 5) is 13.5. The summed E-state index contributed by atoms with van der Waals surface area (Å²) in [5.74, 6) is -0.0873. The molecule has 2 aromatic carbocycles. The summed E-state index contributed by atoms with van der Waals surface area (Å²) in [6.45, 7) is -0.767. The van der Waals surface area contributed by atoms with Crippen LogP contribution >= 0.6 is 0 Å². The molecule has 0 saturated carbocycles. The highest BCUT2D eigenvalue weighted by molar-refractivity contribution is 7.89. The first kappa shape index (κ1) is 30.0. The van der Waals surface area contributed by atoms with Gasteiger partial charge in [-0.2, -0.15) is 13.2 Å². The van der Waals surface area contributed by atoms with Gasteiger partial charge < -0.3 is 23.8 Å². The fourth-order valence-electron chi connectivity index (χ4n) is 4.68. The molecule has 220 valence electrons. The van der Waals surface area contributed by atoms with Gasteiger partial charge in [-0.25, -0.2) is 22.3 Å². The molecule has 2 aliphatic heterocycles. The number of hydrogen-bond acceptors (Lipinski definition) is 7. The topological polar surface area (TPSA) is 103 Å². The molecule has 14 heteroatoms. The van der Waals surface area contributed by atoms with Crippen LogP contribution in [0.4, 0.5) is 22.4 Å². The van der Waals surface area contributed by atoms with Gasteiger partial charge in [0.2, 0.25) is 16.1 Å². The Morgan fingerprint density at radius 2 is 1.88 bits per heavy atom. The Morgan fingerprint density at radius 1 is 1.18 bits per heavy atom. The van der Waals surface area contributed by atoms with Gasteiger partial charge in [0.25, 0.3) is 0 Å². The second-order valence-corrected chi connectivity index (χ2v) is 11.5. The van der Waals surface area contributed by atoms with Gasteiger partial charge in [0.15, 0.2) is 0 Å². The molecule has 1 N–H and O–H groups in total. The van der Waals surface area contributed by atoms with E-state index in [1.54, 1.807) is 24.3 Å². The average molecular weight is 591 g/mol. The van der Waals surface area contributed by atoms with Gasteiger partial charge in [-0.1, -0.05) is 18.2 Å². The van der Waals surface area contributed by atoms with Crippen LogP contribution in [0.3, 0.4) is 0 Å². The van der Waals surface area contributed by atoms with E-state index in [1.807, 2.05) is 0 Å². The molecule has 0 radical (unpaired) electrons. The number of benzene rings is 2. The van der Waals surface area contributed by atoms with Crippen LogP contribution in [0, 0.1) is 5.82 Å². The molecule has 4 rings (SSSR count). The number of rotatable bonds is 9. The number of alkyl halides is 3. The van der Waals surface area contributed by atoms with E-state index in [4.69, 9.17) is 18.9 Å². The van der Waals surface area contributed by atoms with Crippen molar-refractivity contribution in [3.63, 3.8) is 0 Å². The highest BCUT2D eigenvalue weighted by atomic mass is 32.2. The molecular weight excluding hydrogens is 560 g/mol. The van der Waals surface area contributed by atoms with E-state index in [0.29, 0.717) is 17.7 Å². The van der Waals surface area contributed by atoms with Gasteiger partial charge >= 0.3 is 12.3 Å². The Kier molecular flexibility index (Phi) is 9.22. The Morgan fingerprint density at radius 3 is 2.50 bits per heavy atom. The van der Waals surface area contributed by atoms with Crippen molar-refractivity contribution in [2.24, 2.45) is 0 Å². The second kappa shape index (κ2) is 12.3. The molecule has 2 heterocycles. The minimum absolute atomic E-state index is 0.0689. The lowest BCUT2D eigenvalue weighted by Crippen LogP contribution is -2.49. The largest absolute Gasteiger partial charge is 0.497 e. The van der Waals surface area contributed by atoms with E-state index < -0.39 is 52.5 Å². The molecule has 2 aliphatic rings. The molecule has 0 aliphatic carbocycles.